The summed E-state index contributed by atoms with van der Waals surface area (Å²) in [5, 5.41) is 3.40. The number of nitrogens with one attached hydrogen (secondary N) is 1. The highest BCUT2D eigenvalue weighted by atomic mass is 16.5. The number of hydrogen-bond donors (Lipinski definition) is 1. The van der Waals surface area contributed by atoms with Gasteiger partial charge in [-0.25, -0.2) is 0 Å². The van der Waals surface area contributed by atoms with Gasteiger partial charge in [-0.05, 0) is 39.2 Å². The van der Waals surface area contributed by atoms with Gasteiger partial charge in [-0.15, -0.1) is 0 Å². The first kappa shape index (κ1) is 17.4. The fraction of sp³-hybridized carbons (Fsp3) is 0.933. The van der Waals surface area contributed by atoms with Crippen LogP contribution in [0.3, 0.4) is 0 Å². The summed E-state index contributed by atoms with van der Waals surface area (Å²) < 4.78 is 16.1. The maximum absolute atomic E-state index is 12.3. The molecule has 0 aromatic rings. The van der Waals surface area contributed by atoms with Gasteiger partial charge in [0.2, 0.25) is 0 Å². The molecule has 0 spiro atoms. The van der Waals surface area contributed by atoms with Crippen LogP contribution >= 0.6 is 0 Å². The van der Waals surface area contributed by atoms with Crippen molar-refractivity contribution >= 4 is 5.97 Å². The summed E-state index contributed by atoms with van der Waals surface area (Å²) in [6.07, 6.45) is 4.60. The average molecular weight is 287 g/mol. The number of carbonyl (C=O) groups excluding carboxylic acids is 1. The fourth-order valence-corrected chi connectivity index (χ4v) is 2.72. The number of ether oxygens (including phenoxy) is 3. The molecule has 2 atom stereocenters. The molecular formula is C15H29NO4. The Morgan fingerprint density at radius 1 is 1.35 bits per heavy atom. The van der Waals surface area contributed by atoms with E-state index in [4.69, 9.17) is 14.2 Å². The summed E-state index contributed by atoms with van der Waals surface area (Å²) in [5.41, 5.74) is -0.567. The van der Waals surface area contributed by atoms with E-state index >= 15 is 0 Å². The smallest absolute Gasteiger partial charge is 0.326 e. The van der Waals surface area contributed by atoms with Crippen LogP contribution in [0.15, 0.2) is 0 Å². The number of methoxy groups -OCH3 is 1. The highest BCUT2D eigenvalue weighted by Crippen LogP contribution is 2.31. The molecule has 0 amide bonds. The number of esters is 1. The van der Waals surface area contributed by atoms with Crippen LogP contribution in [-0.2, 0) is 19.0 Å². The van der Waals surface area contributed by atoms with Crippen molar-refractivity contribution in [2.24, 2.45) is 0 Å². The van der Waals surface area contributed by atoms with Gasteiger partial charge in [-0.3, -0.25) is 4.79 Å². The third-order valence-electron chi connectivity index (χ3n) is 3.73. The minimum atomic E-state index is -0.567. The van der Waals surface area contributed by atoms with E-state index in [0.29, 0.717) is 26.2 Å². The van der Waals surface area contributed by atoms with E-state index in [-0.39, 0.29) is 12.1 Å². The lowest BCUT2D eigenvalue weighted by Crippen LogP contribution is -2.57. The fourth-order valence-electron chi connectivity index (χ4n) is 2.72. The monoisotopic (exact) mass is 287 g/mol. The Morgan fingerprint density at radius 3 is 2.80 bits per heavy atom. The van der Waals surface area contributed by atoms with E-state index in [1.54, 1.807) is 7.11 Å². The molecule has 1 aliphatic rings. The van der Waals surface area contributed by atoms with Crippen molar-refractivity contribution in [3.8, 4) is 0 Å². The van der Waals surface area contributed by atoms with Crippen LogP contribution in [-0.4, -0.2) is 51.1 Å². The van der Waals surface area contributed by atoms with E-state index < -0.39 is 5.54 Å². The molecule has 2 unspecified atom stereocenters. The van der Waals surface area contributed by atoms with Gasteiger partial charge in [0.1, 0.15) is 5.54 Å². The summed E-state index contributed by atoms with van der Waals surface area (Å²) in [6.45, 7) is 6.36. The van der Waals surface area contributed by atoms with Crippen LogP contribution < -0.4 is 5.32 Å². The van der Waals surface area contributed by atoms with Gasteiger partial charge in [0.25, 0.3) is 0 Å². The lowest BCUT2D eigenvalue weighted by Gasteiger charge is -2.39. The van der Waals surface area contributed by atoms with E-state index in [0.717, 1.165) is 32.2 Å². The molecule has 1 aliphatic carbocycles. The third kappa shape index (κ3) is 5.04. The zero-order valence-electron chi connectivity index (χ0n) is 13.1. The molecule has 0 aromatic carbocycles. The predicted molar refractivity (Wildman–Crippen MR) is 77.7 cm³/mol. The maximum Gasteiger partial charge on any atom is 0.326 e. The molecule has 1 fully saturated rings. The van der Waals surface area contributed by atoms with Crippen molar-refractivity contribution in [1.29, 1.82) is 0 Å². The SMILES string of the molecule is CCCNC1(C(=O)OCC)CCCC(OCCOC)C1. The first-order valence-electron chi connectivity index (χ1n) is 7.71. The van der Waals surface area contributed by atoms with Gasteiger partial charge in [-0.2, -0.15) is 0 Å². The van der Waals surface area contributed by atoms with Crippen LogP contribution in [0.25, 0.3) is 0 Å². The summed E-state index contributed by atoms with van der Waals surface area (Å²) in [6, 6.07) is 0. The topological polar surface area (TPSA) is 56.8 Å². The molecule has 20 heavy (non-hydrogen) atoms. The second-order valence-electron chi connectivity index (χ2n) is 5.31. The van der Waals surface area contributed by atoms with Gasteiger partial charge in [-0.1, -0.05) is 6.92 Å². The summed E-state index contributed by atoms with van der Waals surface area (Å²) in [7, 11) is 1.66. The van der Waals surface area contributed by atoms with E-state index in [1.165, 1.54) is 0 Å². The Balaban J connectivity index is 2.63. The molecule has 5 heteroatoms. The third-order valence-corrected chi connectivity index (χ3v) is 3.73. The summed E-state index contributed by atoms with van der Waals surface area (Å²) in [5.74, 6) is -0.131. The Labute approximate surface area is 122 Å². The van der Waals surface area contributed by atoms with Gasteiger partial charge in [0.05, 0.1) is 25.9 Å². The van der Waals surface area contributed by atoms with Crippen molar-refractivity contribution in [2.45, 2.75) is 57.6 Å². The minimum Gasteiger partial charge on any atom is -0.465 e. The molecule has 5 nitrogen and oxygen atoms in total. The van der Waals surface area contributed by atoms with Crippen LogP contribution in [0.2, 0.25) is 0 Å². The Kier molecular flexibility index (Phi) is 8.11. The molecule has 1 saturated carbocycles. The summed E-state index contributed by atoms with van der Waals surface area (Å²) >= 11 is 0. The van der Waals surface area contributed by atoms with Crippen LogP contribution in [0.5, 0.6) is 0 Å². The molecule has 1 rings (SSSR count). The lowest BCUT2D eigenvalue weighted by atomic mass is 9.80. The Bertz CT molecular complexity index is 285. The van der Waals surface area contributed by atoms with Crippen molar-refractivity contribution in [3.05, 3.63) is 0 Å². The van der Waals surface area contributed by atoms with Gasteiger partial charge in [0, 0.05) is 13.5 Å². The minimum absolute atomic E-state index is 0.104. The van der Waals surface area contributed by atoms with Crippen molar-refractivity contribution in [3.63, 3.8) is 0 Å². The maximum atomic E-state index is 12.3. The van der Waals surface area contributed by atoms with Crippen molar-refractivity contribution < 1.29 is 19.0 Å². The van der Waals surface area contributed by atoms with E-state index in [1.807, 2.05) is 6.92 Å². The molecule has 0 radical (unpaired) electrons. The average Bonchev–Trinajstić information content (AvgIpc) is 2.46. The van der Waals surface area contributed by atoms with Crippen LogP contribution in [0, 0.1) is 0 Å². The van der Waals surface area contributed by atoms with Crippen molar-refractivity contribution in [1.82, 2.24) is 5.32 Å². The van der Waals surface area contributed by atoms with E-state index in [9.17, 15) is 4.79 Å². The zero-order valence-corrected chi connectivity index (χ0v) is 13.1. The number of rotatable bonds is 9. The molecule has 0 saturated heterocycles. The quantitative estimate of drug-likeness (QED) is 0.518. The molecule has 0 heterocycles. The highest BCUT2D eigenvalue weighted by molar-refractivity contribution is 5.81. The first-order chi connectivity index (χ1) is 9.68. The molecule has 0 aromatic heterocycles. The van der Waals surface area contributed by atoms with Crippen LogP contribution in [0.1, 0.15) is 46.0 Å². The molecule has 118 valence electrons. The number of carbonyl (C=O) groups is 1. The Hall–Kier alpha value is -0.650. The van der Waals surface area contributed by atoms with E-state index in [2.05, 4.69) is 12.2 Å². The second kappa shape index (κ2) is 9.32. The molecule has 0 aliphatic heterocycles. The molecule has 0 bridgehead atoms. The van der Waals surface area contributed by atoms with Gasteiger partial charge >= 0.3 is 5.97 Å². The highest BCUT2D eigenvalue weighted by Gasteiger charge is 2.43. The first-order valence-corrected chi connectivity index (χ1v) is 7.71. The van der Waals surface area contributed by atoms with Crippen molar-refractivity contribution in [2.75, 3.05) is 33.5 Å². The Morgan fingerprint density at radius 2 is 2.15 bits per heavy atom. The van der Waals surface area contributed by atoms with Gasteiger partial charge in [0.15, 0.2) is 0 Å². The lowest BCUT2D eigenvalue weighted by molar-refractivity contribution is -0.155. The molecule has 1 N–H and O–H groups in total. The predicted octanol–water partition coefficient (Wildman–Crippen LogP) is 1.89. The summed E-state index contributed by atoms with van der Waals surface area (Å²) in [4.78, 5) is 12.3. The van der Waals surface area contributed by atoms with Gasteiger partial charge < -0.3 is 19.5 Å². The van der Waals surface area contributed by atoms with Crippen LogP contribution in [0.4, 0.5) is 0 Å². The normalized spacial score (nSPS) is 26.4. The second-order valence-corrected chi connectivity index (χ2v) is 5.31. The standard InChI is InChI=1S/C15H29NO4/c1-4-9-16-15(14(17)19-5-2)8-6-7-13(12-15)20-11-10-18-3/h13,16H,4-12H2,1-3H3. The number of hydrogen-bond acceptors (Lipinski definition) is 5. The zero-order chi connectivity index (χ0) is 14.8. The largest absolute Gasteiger partial charge is 0.465 e. The molecular weight excluding hydrogens is 258 g/mol.